The zero-order valence-corrected chi connectivity index (χ0v) is 12.3. The molecule has 0 aliphatic carbocycles. The van der Waals surface area contributed by atoms with Crippen LogP contribution in [0, 0.1) is 11.3 Å². The normalized spacial score (nSPS) is 10.4. The Morgan fingerprint density at radius 2 is 2.05 bits per heavy atom. The lowest BCUT2D eigenvalue weighted by Gasteiger charge is -1.97. The zero-order valence-electron chi connectivity index (χ0n) is 11.5. The van der Waals surface area contributed by atoms with Crippen molar-refractivity contribution in [2.45, 2.75) is 12.8 Å². The summed E-state index contributed by atoms with van der Waals surface area (Å²) in [5.74, 6) is -0.373. The minimum absolute atomic E-state index is 0.288. The lowest BCUT2D eigenvalue weighted by Crippen LogP contribution is -2.01. The van der Waals surface area contributed by atoms with Crippen LogP contribution in [0.15, 0.2) is 48.5 Å². The van der Waals surface area contributed by atoms with E-state index in [4.69, 9.17) is 10.00 Å². The van der Waals surface area contributed by atoms with Crippen LogP contribution in [0.1, 0.15) is 17.7 Å². The predicted molar refractivity (Wildman–Crippen MR) is 84.6 cm³/mol. The van der Waals surface area contributed by atoms with E-state index in [0.29, 0.717) is 12.8 Å². The fraction of sp³-hybridized carbons (Fsp3) is 0.176. The van der Waals surface area contributed by atoms with Gasteiger partial charge in [-0.05, 0) is 30.2 Å². The van der Waals surface area contributed by atoms with Crippen molar-refractivity contribution in [3.05, 3.63) is 53.4 Å². The maximum Gasteiger partial charge on any atom is 0.330 e. The van der Waals surface area contributed by atoms with Crippen LogP contribution < -0.4 is 0 Å². The van der Waals surface area contributed by atoms with Crippen LogP contribution in [0.3, 0.4) is 0 Å². The average molecular weight is 297 g/mol. The van der Waals surface area contributed by atoms with Gasteiger partial charge in [0.2, 0.25) is 0 Å². The predicted octanol–water partition coefficient (Wildman–Crippen LogP) is 4.28. The zero-order chi connectivity index (χ0) is 14.9. The summed E-state index contributed by atoms with van der Waals surface area (Å²) in [5.41, 5.74) is 1.17. The minimum atomic E-state index is -0.373. The number of ether oxygens (including phenoxy) is 1. The quantitative estimate of drug-likeness (QED) is 0.454. The number of unbranched alkanes of at least 4 members (excludes halogenated alkanes) is 1. The van der Waals surface area contributed by atoms with Gasteiger partial charge >= 0.3 is 5.97 Å². The van der Waals surface area contributed by atoms with Gasteiger partial charge in [-0.15, -0.1) is 11.3 Å². The van der Waals surface area contributed by atoms with Gasteiger partial charge < -0.3 is 4.74 Å². The second-order valence-corrected chi connectivity index (χ2v) is 5.45. The van der Waals surface area contributed by atoms with Crippen LogP contribution in [0.4, 0.5) is 0 Å². The number of hydrogen-bond donors (Lipinski definition) is 0. The van der Waals surface area contributed by atoms with Crippen LogP contribution in [-0.2, 0) is 9.53 Å². The van der Waals surface area contributed by atoms with Crippen molar-refractivity contribution in [1.29, 1.82) is 5.26 Å². The van der Waals surface area contributed by atoms with Gasteiger partial charge in [0.05, 0.1) is 12.7 Å². The SMILES string of the molecule is N#CCCCOC(=O)/C=C/c1ccc(-c2ccccc2)s1. The molecule has 1 heterocycles. The maximum atomic E-state index is 11.5. The molecule has 0 saturated carbocycles. The number of nitriles is 1. The molecule has 1 aromatic heterocycles. The first-order chi connectivity index (χ1) is 10.3. The highest BCUT2D eigenvalue weighted by molar-refractivity contribution is 7.16. The number of carbonyl (C=O) groups excluding carboxylic acids is 1. The standard InChI is InChI=1S/C17H15NO2S/c18-12-4-5-13-20-17(19)11-9-15-8-10-16(21-15)14-6-2-1-3-7-14/h1-3,6-11H,4-5,13H2/b11-9+. The van der Waals surface area contributed by atoms with E-state index in [1.165, 1.54) is 11.6 Å². The summed E-state index contributed by atoms with van der Waals surface area (Å²) < 4.78 is 4.99. The highest BCUT2D eigenvalue weighted by Crippen LogP contribution is 2.28. The fourth-order valence-electron chi connectivity index (χ4n) is 1.72. The Morgan fingerprint density at radius 1 is 1.24 bits per heavy atom. The van der Waals surface area contributed by atoms with E-state index >= 15 is 0 Å². The molecule has 0 saturated heterocycles. The summed E-state index contributed by atoms with van der Waals surface area (Å²) in [6.07, 6.45) is 4.16. The van der Waals surface area contributed by atoms with Crippen molar-refractivity contribution in [3.8, 4) is 16.5 Å². The monoisotopic (exact) mass is 297 g/mol. The smallest absolute Gasteiger partial charge is 0.330 e. The summed E-state index contributed by atoms with van der Waals surface area (Å²) in [6.45, 7) is 0.288. The third-order valence-corrected chi connectivity index (χ3v) is 3.85. The maximum absolute atomic E-state index is 11.5. The Hall–Kier alpha value is -2.38. The highest BCUT2D eigenvalue weighted by Gasteiger charge is 2.01. The lowest BCUT2D eigenvalue weighted by atomic mass is 10.2. The highest BCUT2D eigenvalue weighted by atomic mass is 32.1. The molecule has 4 heteroatoms. The molecular formula is C17H15NO2S. The van der Waals surface area contributed by atoms with E-state index < -0.39 is 0 Å². The average Bonchev–Trinajstić information content (AvgIpc) is 2.99. The van der Waals surface area contributed by atoms with Crippen LogP contribution in [0.25, 0.3) is 16.5 Å². The lowest BCUT2D eigenvalue weighted by molar-refractivity contribution is -0.137. The van der Waals surface area contributed by atoms with Gasteiger partial charge in [0.1, 0.15) is 0 Å². The summed E-state index contributed by atoms with van der Waals surface area (Å²) in [7, 11) is 0. The van der Waals surface area contributed by atoms with E-state index in [1.807, 2.05) is 36.4 Å². The number of rotatable bonds is 6. The van der Waals surface area contributed by atoms with Crippen molar-refractivity contribution in [2.24, 2.45) is 0 Å². The molecule has 0 unspecified atom stereocenters. The van der Waals surface area contributed by atoms with Crippen LogP contribution >= 0.6 is 11.3 Å². The Labute approximate surface area is 128 Å². The van der Waals surface area contributed by atoms with Gasteiger partial charge in [-0.3, -0.25) is 0 Å². The summed E-state index contributed by atoms with van der Waals surface area (Å²) in [6, 6.07) is 16.1. The molecule has 0 fully saturated rings. The number of benzene rings is 1. The van der Waals surface area contributed by atoms with Gasteiger partial charge in [0.25, 0.3) is 0 Å². The molecule has 2 rings (SSSR count). The molecule has 0 aliphatic heterocycles. The van der Waals surface area contributed by atoms with Crippen molar-refractivity contribution in [1.82, 2.24) is 0 Å². The number of nitrogens with zero attached hydrogens (tertiary/aromatic N) is 1. The largest absolute Gasteiger partial charge is 0.462 e. The molecule has 21 heavy (non-hydrogen) atoms. The van der Waals surface area contributed by atoms with Crippen LogP contribution in [0.5, 0.6) is 0 Å². The molecular weight excluding hydrogens is 282 g/mol. The molecule has 106 valence electrons. The molecule has 0 spiro atoms. The second kappa shape index (κ2) is 8.03. The van der Waals surface area contributed by atoms with Gasteiger partial charge in [-0.25, -0.2) is 4.79 Å². The van der Waals surface area contributed by atoms with Crippen LogP contribution in [-0.4, -0.2) is 12.6 Å². The van der Waals surface area contributed by atoms with E-state index in [9.17, 15) is 4.79 Å². The topological polar surface area (TPSA) is 50.1 Å². The van der Waals surface area contributed by atoms with Gasteiger partial charge in [-0.1, -0.05) is 30.3 Å². The molecule has 3 nitrogen and oxygen atoms in total. The molecule has 2 aromatic rings. The van der Waals surface area contributed by atoms with Crippen molar-refractivity contribution in [2.75, 3.05) is 6.61 Å². The summed E-state index contributed by atoms with van der Waals surface area (Å²) in [4.78, 5) is 13.6. The van der Waals surface area contributed by atoms with Crippen LogP contribution in [0.2, 0.25) is 0 Å². The molecule has 1 aromatic carbocycles. The number of esters is 1. The summed E-state index contributed by atoms with van der Waals surface area (Å²) in [5, 5.41) is 8.38. The first-order valence-corrected chi connectivity index (χ1v) is 7.48. The molecule has 0 aliphatic rings. The van der Waals surface area contributed by atoms with Crippen molar-refractivity contribution >= 4 is 23.4 Å². The first-order valence-electron chi connectivity index (χ1n) is 6.66. The van der Waals surface area contributed by atoms with E-state index in [0.717, 1.165) is 9.75 Å². The second-order valence-electron chi connectivity index (χ2n) is 4.33. The Bertz CT molecular complexity index is 653. The third kappa shape index (κ3) is 4.90. The molecule has 0 radical (unpaired) electrons. The molecule has 0 atom stereocenters. The Balaban J connectivity index is 1.89. The Kier molecular flexibility index (Phi) is 5.74. The van der Waals surface area contributed by atoms with Gasteiger partial charge in [0, 0.05) is 22.3 Å². The number of thiophene rings is 1. The molecule has 0 bridgehead atoms. The van der Waals surface area contributed by atoms with Crippen molar-refractivity contribution in [3.63, 3.8) is 0 Å². The number of carbonyl (C=O) groups is 1. The van der Waals surface area contributed by atoms with Gasteiger partial charge in [-0.2, -0.15) is 5.26 Å². The van der Waals surface area contributed by atoms with Gasteiger partial charge in [0.15, 0.2) is 0 Å². The molecule has 0 N–H and O–H groups in total. The first kappa shape index (κ1) is 15.0. The number of hydrogen-bond acceptors (Lipinski definition) is 4. The summed E-state index contributed by atoms with van der Waals surface area (Å²) >= 11 is 1.62. The van der Waals surface area contributed by atoms with E-state index in [2.05, 4.69) is 12.1 Å². The third-order valence-electron chi connectivity index (χ3n) is 2.75. The van der Waals surface area contributed by atoms with Crippen molar-refractivity contribution < 1.29 is 9.53 Å². The minimum Gasteiger partial charge on any atom is -0.462 e. The fourth-order valence-corrected chi connectivity index (χ4v) is 2.64. The molecule has 0 amide bonds. The Morgan fingerprint density at radius 3 is 2.81 bits per heavy atom. The van der Waals surface area contributed by atoms with E-state index in [-0.39, 0.29) is 12.6 Å². The van der Waals surface area contributed by atoms with E-state index in [1.54, 1.807) is 17.4 Å².